The summed E-state index contributed by atoms with van der Waals surface area (Å²) in [7, 11) is 0. The summed E-state index contributed by atoms with van der Waals surface area (Å²) in [6, 6.07) is 0. The van der Waals surface area contributed by atoms with Crippen LogP contribution in [-0.2, 0) is 0 Å². The maximum absolute atomic E-state index is 2.87. The summed E-state index contributed by atoms with van der Waals surface area (Å²) >= 11 is 0. The van der Waals surface area contributed by atoms with Gasteiger partial charge in [0.1, 0.15) is 0 Å². The van der Waals surface area contributed by atoms with Gasteiger partial charge in [0.05, 0.1) is 0 Å². The molecular weight excluding hydrogens is 348 g/mol. The lowest BCUT2D eigenvalue weighted by molar-refractivity contribution is 0.365. The minimum Gasteiger partial charge on any atom is -0.0654 e. The maximum atomic E-state index is 2.87. The Labute approximate surface area is 187 Å². The van der Waals surface area contributed by atoms with E-state index in [0.717, 1.165) is 11.8 Å². The van der Waals surface area contributed by atoms with E-state index in [4.69, 9.17) is 0 Å². The summed E-state index contributed by atoms with van der Waals surface area (Å²) in [5.41, 5.74) is 0. The van der Waals surface area contributed by atoms with Gasteiger partial charge >= 0.3 is 0 Å². The molecule has 0 aromatic carbocycles. The third-order valence-corrected chi connectivity index (χ3v) is 6.76. The number of rotatable bonds is 24. The van der Waals surface area contributed by atoms with Gasteiger partial charge < -0.3 is 0 Å². The van der Waals surface area contributed by atoms with E-state index in [-0.39, 0.29) is 0 Å². The van der Waals surface area contributed by atoms with Gasteiger partial charge in [-0.05, 0) is 18.3 Å². The average Bonchev–Trinajstić information content (AvgIpc) is 2.73. The SMILES string of the molecule is CCCCCCCC([CH]C(CCCCCC)CCCCCCC)CCCCCC. The lowest BCUT2D eigenvalue weighted by Gasteiger charge is -2.24. The topological polar surface area (TPSA) is 0 Å². The summed E-state index contributed by atoms with van der Waals surface area (Å²) in [5, 5.41) is 0. The number of hydrogen-bond donors (Lipinski definition) is 0. The van der Waals surface area contributed by atoms with Crippen LogP contribution in [0.15, 0.2) is 0 Å². The van der Waals surface area contributed by atoms with Crippen LogP contribution in [0.2, 0.25) is 0 Å². The molecule has 0 amide bonds. The molecular formula is C29H59. The molecule has 2 unspecified atom stereocenters. The molecule has 0 aliphatic rings. The number of unbranched alkanes of at least 4 members (excludes halogenated alkanes) is 14. The summed E-state index contributed by atoms with van der Waals surface area (Å²) in [5.74, 6) is 1.81. The molecule has 0 bridgehead atoms. The van der Waals surface area contributed by atoms with Gasteiger partial charge in [-0.1, -0.05) is 169 Å². The van der Waals surface area contributed by atoms with Gasteiger partial charge in [-0.25, -0.2) is 0 Å². The molecule has 0 aliphatic carbocycles. The lowest BCUT2D eigenvalue weighted by atomic mass is 9.82. The van der Waals surface area contributed by atoms with Gasteiger partial charge in [0, 0.05) is 0 Å². The highest BCUT2D eigenvalue weighted by Gasteiger charge is 2.17. The standard InChI is InChI=1S/C29H59/c1-5-9-13-17-21-25-28(23-19-15-11-7-3)27-29(24-20-16-12-8-4)26-22-18-14-10-6-2/h27-29H,5-26H2,1-4H3. The normalized spacial score (nSPS) is 13.7. The highest BCUT2D eigenvalue weighted by molar-refractivity contribution is 4.84. The Morgan fingerprint density at radius 3 is 0.862 bits per heavy atom. The van der Waals surface area contributed by atoms with E-state index in [2.05, 4.69) is 34.1 Å². The Hall–Kier alpha value is 0. The smallest absolute Gasteiger partial charge is 0.0324 e. The Balaban J connectivity index is 4.46. The molecule has 175 valence electrons. The van der Waals surface area contributed by atoms with E-state index in [1.165, 1.54) is 141 Å². The minimum atomic E-state index is 0.903. The van der Waals surface area contributed by atoms with Crippen molar-refractivity contribution in [1.82, 2.24) is 0 Å². The zero-order valence-corrected chi connectivity index (χ0v) is 21.3. The molecule has 2 atom stereocenters. The van der Waals surface area contributed by atoms with E-state index in [1.807, 2.05) is 0 Å². The molecule has 0 spiro atoms. The molecule has 0 aliphatic heterocycles. The van der Waals surface area contributed by atoms with Crippen LogP contribution < -0.4 is 0 Å². The zero-order valence-electron chi connectivity index (χ0n) is 21.3. The van der Waals surface area contributed by atoms with E-state index in [1.54, 1.807) is 0 Å². The van der Waals surface area contributed by atoms with Gasteiger partial charge in [-0.2, -0.15) is 0 Å². The first-order valence-electron chi connectivity index (χ1n) is 14.1. The van der Waals surface area contributed by atoms with Crippen molar-refractivity contribution in [1.29, 1.82) is 0 Å². The molecule has 0 nitrogen and oxygen atoms in total. The molecule has 0 heteroatoms. The predicted octanol–water partition coefficient (Wildman–Crippen LogP) is 11.1. The Morgan fingerprint density at radius 1 is 0.345 bits per heavy atom. The third kappa shape index (κ3) is 21.0. The average molecular weight is 408 g/mol. The third-order valence-electron chi connectivity index (χ3n) is 6.76. The van der Waals surface area contributed by atoms with Crippen molar-refractivity contribution < 1.29 is 0 Å². The minimum absolute atomic E-state index is 0.903. The summed E-state index contributed by atoms with van der Waals surface area (Å²) < 4.78 is 0. The van der Waals surface area contributed by atoms with Crippen LogP contribution in [0.4, 0.5) is 0 Å². The fourth-order valence-corrected chi connectivity index (χ4v) is 4.75. The van der Waals surface area contributed by atoms with Crippen molar-refractivity contribution in [3.63, 3.8) is 0 Å². The second-order valence-electron chi connectivity index (χ2n) is 9.82. The van der Waals surface area contributed by atoms with Crippen molar-refractivity contribution in [2.24, 2.45) is 11.8 Å². The monoisotopic (exact) mass is 407 g/mol. The van der Waals surface area contributed by atoms with E-state index < -0.39 is 0 Å². The van der Waals surface area contributed by atoms with Gasteiger partial charge in [0.2, 0.25) is 0 Å². The fraction of sp³-hybridized carbons (Fsp3) is 0.966. The van der Waals surface area contributed by atoms with Crippen molar-refractivity contribution in [2.75, 3.05) is 0 Å². The van der Waals surface area contributed by atoms with Crippen LogP contribution in [0.3, 0.4) is 0 Å². The molecule has 0 aromatic rings. The highest BCUT2D eigenvalue weighted by atomic mass is 14.2. The first-order chi connectivity index (χ1) is 14.3. The first-order valence-corrected chi connectivity index (χ1v) is 14.1. The van der Waals surface area contributed by atoms with Crippen molar-refractivity contribution >= 4 is 0 Å². The lowest BCUT2D eigenvalue weighted by Crippen LogP contribution is -2.11. The molecule has 0 saturated heterocycles. The highest BCUT2D eigenvalue weighted by Crippen LogP contribution is 2.30. The molecule has 0 heterocycles. The quantitative estimate of drug-likeness (QED) is 0.139. The molecule has 0 rings (SSSR count). The largest absolute Gasteiger partial charge is 0.0654 e. The van der Waals surface area contributed by atoms with Gasteiger partial charge in [-0.3, -0.25) is 0 Å². The molecule has 29 heavy (non-hydrogen) atoms. The van der Waals surface area contributed by atoms with Crippen LogP contribution in [0.25, 0.3) is 0 Å². The van der Waals surface area contributed by atoms with E-state index in [0.29, 0.717) is 0 Å². The second kappa shape index (κ2) is 24.3. The van der Waals surface area contributed by atoms with Crippen LogP contribution in [0, 0.1) is 18.3 Å². The summed E-state index contributed by atoms with van der Waals surface area (Å²) in [4.78, 5) is 0. The zero-order chi connectivity index (χ0) is 21.4. The maximum Gasteiger partial charge on any atom is -0.0324 e. The fourth-order valence-electron chi connectivity index (χ4n) is 4.75. The summed E-state index contributed by atoms with van der Waals surface area (Å²) in [6.07, 6.45) is 34.5. The molecule has 0 saturated carbocycles. The van der Waals surface area contributed by atoms with Crippen LogP contribution in [0.1, 0.15) is 169 Å². The predicted molar refractivity (Wildman–Crippen MR) is 136 cm³/mol. The Bertz CT molecular complexity index is 254. The molecule has 0 N–H and O–H groups in total. The second-order valence-corrected chi connectivity index (χ2v) is 9.82. The van der Waals surface area contributed by atoms with Crippen molar-refractivity contribution in [3.05, 3.63) is 6.42 Å². The van der Waals surface area contributed by atoms with Crippen LogP contribution in [0.5, 0.6) is 0 Å². The Morgan fingerprint density at radius 2 is 0.586 bits per heavy atom. The Kier molecular flexibility index (Phi) is 24.3. The number of hydrogen-bond acceptors (Lipinski definition) is 0. The first kappa shape index (κ1) is 29.0. The van der Waals surface area contributed by atoms with Gasteiger partial charge in [0.25, 0.3) is 0 Å². The molecule has 0 aromatic heterocycles. The van der Waals surface area contributed by atoms with Crippen LogP contribution in [-0.4, -0.2) is 0 Å². The van der Waals surface area contributed by atoms with E-state index in [9.17, 15) is 0 Å². The molecule has 0 fully saturated rings. The molecule has 1 radical (unpaired) electrons. The van der Waals surface area contributed by atoms with Gasteiger partial charge in [0.15, 0.2) is 0 Å². The summed E-state index contributed by atoms with van der Waals surface area (Å²) in [6.45, 7) is 9.33. The van der Waals surface area contributed by atoms with E-state index >= 15 is 0 Å². The van der Waals surface area contributed by atoms with Crippen molar-refractivity contribution in [2.45, 2.75) is 169 Å². The van der Waals surface area contributed by atoms with Crippen LogP contribution >= 0.6 is 0 Å². The van der Waals surface area contributed by atoms with Gasteiger partial charge in [-0.15, -0.1) is 0 Å². The van der Waals surface area contributed by atoms with Crippen molar-refractivity contribution in [3.8, 4) is 0 Å².